The van der Waals surface area contributed by atoms with Crippen LogP contribution < -0.4 is 0 Å². The molecule has 0 saturated heterocycles. The van der Waals surface area contributed by atoms with Gasteiger partial charge in [0.1, 0.15) is 13.2 Å². The van der Waals surface area contributed by atoms with Crippen molar-refractivity contribution in [3.05, 3.63) is 36.5 Å². The summed E-state index contributed by atoms with van der Waals surface area (Å²) in [5.41, 5.74) is 0. The molecular weight excluding hydrogens is 877 g/mol. The maximum Gasteiger partial charge on any atom is 0.306 e. The Labute approximate surface area is 442 Å². The Kier molecular flexibility index (Phi) is 58.2. The highest BCUT2D eigenvalue weighted by Gasteiger charge is 2.19. The largest absolute Gasteiger partial charge is 0.462 e. The van der Waals surface area contributed by atoms with Crippen LogP contribution in [0.4, 0.5) is 0 Å². The number of hydrogen-bond donors (Lipinski definition) is 0. The number of esters is 3. The van der Waals surface area contributed by atoms with Crippen LogP contribution in [-0.2, 0) is 28.6 Å². The molecular formula is C65H120O6. The van der Waals surface area contributed by atoms with E-state index in [9.17, 15) is 14.4 Å². The van der Waals surface area contributed by atoms with Gasteiger partial charge in [0.2, 0.25) is 0 Å². The van der Waals surface area contributed by atoms with E-state index >= 15 is 0 Å². The van der Waals surface area contributed by atoms with E-state index in [1.807, 2.05) is 0 Å². The standard InChI is InChI=1S/C65H120O6/c1-4-7-10-13-16-19-22-25-27-28-29-30-31-32-33-34-35-36-37-38-39-41-43-46-49-52-55-58-64(67)70-61-62(60-69-63(66)57-54-51-48-45-42-24-21-18-15-12-9-6-3)71-65(68)59-56-53-50-47-44-40-26-23-20-17-14-11-8-5-2/h22,25,28-29,31-32,62H,4-21,23-24,26-27,30,33-61H2,1-3H3/b25-22-,29-28-,32-31-. The molecule has 0 fully saturated rings. The highest BCUT2D eigenvalue weighted by molar-refractivity contribution is 5.71. The van der Waals surface area contributed by atoms with Crippen molar-refractivity contribution in [1.29, 1.82) is 0 Å². The Morgan fingerprint density at radius 2 is 0.507 bits per heavy atom. The predicted octanol–water partition coefficient (Wildman–Crippen LogP) is 21.2. The lowest BCUT2D eigenvalue weighted by molar-refractivity contribution is -0.167. The van der Waals surface area contributed by atoms with E-state index in [-0.39, 0.29) is 31.1 Å². The lowest BCUT2D eigenvalue weighted by Crippen LogP contribution is -2.30. The molecule has 0 spiro atoms. The fourth-order valence-corrected chi connectivity index (χ4v) is 9.39. The first kappa shape index (κ1) is 68.6. The summed E-state index contributed by atoms with van der Waals surface area (Å²) in [6, 6.07) is 0. The fourth-order valence-electron chi connectivity index (χ4n) is 9.39. The van der Waals surface area contributed by atoms with E-state index in [2.05, 4.69) is 57.2 Å². The molecule has 0 amide bonds. The number of carbonyl (C=O) groups excluding carboxylic acids is 3. The molecule has 71 heavy (non-hydrogen) atoms. The molecule has 0 saturated carbocycles. The maximum absolute atomic E-state index is 12.9. The Morgan fingerprint density at radius 3 is 0.789 bits per heavy atom. The molecule has 0 aromatic heterocycles. The molecule has 0 aliphatic heterocycles. The zero-order valence-electron chi connectivity index (χ0n) is 47.8. The van der Waals surface area contributed by atoms with Crippen molar-refractivity contribution in [2.45, 2.75) is 348 Å². The number of carbonyl (C=O) groups is 3. The van der Waals surface area contributed by atoms with Crippen molar-refractivity contribution in [3.63, 3.8) is 0 Å². The summed E-state index contributed by atoms with van der Waals surface area (Å²) in [4.78, 5) is 38.2. The minimum absolute atomic E-state index is 0.0667. The molecule has 6 nitrogen and oxygen atoms in total. The van der Waals surface area contributed by atoms with Crippen LogP contribution in [0.15, 0.2) is 36.5 Å². The first-order valence-electron chi connectivity index (χ1n) is 31.5. The van der Waals surface area contributed by atoms with Crippen LogP contribution in [0.3, 0.4) is 0 Å². The van der Waals surface area contributed by atoms with Gasteiger partial charge in [-0.25, -0.2) is 0 Å². The predicted molar refractivity (Wildman–Crippen MR) is 307 cm³/mol. The summed E-state index contributed by atoms with van der Waals surface area (Å²) >= 11 is 0. The van der Waals surface area contributed by atoms with Crippen molar-refractivity contribution in [1.82, 2.24) is 0 Å². The first-order chi connectivity index (χ1) is 35.0. The van der Waals surface area contributed by atoms with E-state index in [1.165, 1.54) is 231 Å². The molecule has 0 aromatic carbocycles. The lowest BCUT2D eigenvalue weighted by Gasteiger charge is -2.18. The molecule has 0 aliphatic carbocycles. The third-order valence-electron chi connectivity index (χ3n) is 14.1. The number of allylic oxidation sites excluding steroid dienone is 6. The summed E-state index contributed by atoms with van der Waals surface area (Å²) in [5.74, 6) is -0.847. The second-order valence-corrected chi connectivity index (χ2v) is 21.3. The van der Waals surface area contributed by atoms with Crippen molar-refractivity contribution >= 4 is 17.9 Å². The van der Waals surface area contributed by atoms with Gasteiger partial charge in [-0.1, -0.05) is 301 Å². The van der Waals surface area contributed by atoms with Gasteiger partial charge in [0.25, 0.3) is 0 Å². The summed E-state index contributed by atoms with van der Waals surface area (Å²) in [6.07, 6.45) is 72.9. The summed E-state index contributed by atoms with van der Waals surface area (Å²) in [7, 11) is 0. The van der Waals surface area contributed by atoms with E-state index < -0.39 is 6.10 Å². The molecule has 0 rings (SSSR count). The molecule has 416 valence electrons. The lowest BCUT2D eigenvalue weighted by atomic mass is 10.0. The van der Waals surface area contributed by atoms with Gasteiger partial charge in [0.05, 0.1) is 0 Å². The summed E-state index contributed by atoms with van der Waals surface area (Å²) < 4.78 is 16.9. The van der Waals surface area contributed by atoms with Gasteiger partial charge in [-0.05, 0) is 57.8 Å². The molecule has 0 radical (unpaired) electrons. The average Bonchev–Trinajstić information content (AvgIpc) is 3.37. The summed E-state index contributed by atoms with van der Waals surface area (Å²) in [6.45, 7) is 6.67. The second-order valence-electron chi connectivity index (χ2n) is 21.3. The van der Waals surface area contributed by atoms with Gasteiger partial charge in [-0.3, -0.25) is 14.4 Å². The highest BCUT2D eigenvalue weighted by Crippen LogP contribution is 2.17. The van der Waals surface area contributed by atoms with E-state index in [4.69, 9.17) is 14.2 Å². The molecule has 0 N–H and O–H groups in total. The maximum atomic E-state index is 12.9. The van der Waals surface area contributed by atoms with Crippen molar-refractivity contribution in [2.24, 2.45) is 0 Å². The summed E-state index contributed by atoms with van der Waals surface area (Å²) in [5, 5.41) is 0. The Bertz CT molecular complexity index is 1190. The number of rotatable bonds is 58. The van der Waals surface area contributed by atoms with E-state index in [0.29, 0.717) is 19.3 Å². The quantitative estimate of drug-likeness (QED) is 0.0261. The second kappa shape index (κ2) is 60.2. The topological polar surface area (TPSA) is 78.9 Å². The van der Waals surface area contributed by atoms with Crippen LogP contribution in [-0.4, -0.2) is 37.2 Å². The third kappa shape index (κ3) is 58.4. The molecule has 1 atom stereocenters. The number of hydrogen-bond acceptors (Lipinski definition) is 6. The monoisotopic (exact) mass is 997 g/mol. The normalized spacial score (nSPS) is 12.2. The van der Waals surface area contributed by atoms with Crippen LogP contribution in [0.25, 0.3) is 0 Å². The van der Waals surface area contributed by atoms with E-state index in [1.54, 1.807) is 0 Å². The zero-order chi connectivity index (χ0) is 51.4. The Morgan fingerprint density at radius 1 is 0.282 bits per heavy atom. The Balaban J connectivity index is 4.19. The molecule has 1 unspecified atom stereocenters. The molecule has 0 aliphatic rings. The van der Waals surface area contributed by atoms with Crippen LogP contribution in [0, 0.1) is 0 Å². The third-order valence-corrected chi connectivity index (χ3v) is 14.1. The van der Waals surface area contributed by atoms with Crippen molar-refractivity contribution in [3.8, 4) is 0 Å². The van der Waals surface area contributed by atoms with Crippen LogP contribution in [0.5, 0.6) is 0 Å². The van der Waals surface area contributed by atoms with E-state index in [0.717, 1.165) is 70.6 Å². The molecule has 0 aromatic rings. The number of unbranched alkanes of at least 4 members (excludes halogenated alkanes) is 41. The van der Waals surface area contributed by atoms with Crippen LogP contribution >= 0.6 is 0 Å². The number of ether oxygens (including phenoxy) is 3. The van der Waals surface area contributed by atoms with Gasteiger partial charge in [-0.15, -0.1) is 0 Å². The smallest absolute Gasteiger partial charge is 0.306 e. The molecule has 0 heterocycles. The van der Waals surface area contributed by atoms with Crippen molar-refractivity contribution in [2.75, 3.05) is 13.2 Å². The van der Waals surface area contributed by atoms with Gasteiger partial charge in [0, 0.05) is 19.3 Å². The average molecular weight is 998 g/mol. The fraction of sp³-hybridized carbons (Fsp3) is 0.862. The van der Waals surface area contributed by atoms with Crippen molar-refractivity contribution < 1.29 is 28.6 Å². The Hall–Kier alpha value is -2.37. The SMILES string of the molecule is CCCCCCC/C=C\C/C=C\C/C=C\CCCCCCCCCCCCCCC(=O)OCC(COC(=O)CCCCCCCCCCCCCC)OC(=O)CCCCCCCCCCCCCCCC. The first-order valence-corrected chi connectivity index (χ1v) is 31.5. The zero-order valence-corrected chi connectivity index (χ0v) is 47.8. The van der Waals surface area contributed by atoms with Crippen LogP contribution in [0.2, 0.25) is 0 Å². The molecule has 6 heteroatoms. The minimum atomic E-state index is -0.767. The van der Waals surface area contributed by atoms with Crippen LogP contribution in [0.1, 0.15) is 342 Å². The van der Waals surface area contributed by atoms with Gasteiger partial charge >= 0.3 is 17.9 Å². The van der Waals surface area contributed by atoms with Gasteiger partial charge in [-0.2, -0.15) is 0 Å². The minimum Gasteiger partial charge on any atom is -0.462 e. The molecule has 0 bridgehead atoms. The highest BCUT2D eigenvalue weighted by atomic mass is 16.6. The van der Waals surface area contributed by atoms with Gasteiger partial charge in [0.15, 0.2) is 6.10 Å². The van der Waals surface area contributed by atoms with Gasteiger partial charge < -0.3 is 14.2 Å².